The van der Waals surface area contributed by atoms with E-state index < -0.39 is 0 Å². The Hall–Kier alpha value is -1.36. The van der Waals surface area contributed by atoms with Crippen LogP contribution in [0.15, 0.2) is 12.4 Å². The van der Waals surface area contributed by atoms with Crippen molar-refractivity contribution in [1.29, 1.82) is 0 Å². The summed E-state index contributed by atoms with van der Waals surface area (Å²) >= 11 is 0. The van der Waals surface area contributed by atoms with Crippen molar-refractivity contribution in [2.24, 2.45) is 5.92 Å². The Labute approximate surface area is 102 Å². The summed E-state index contributed by atoms with van der Waals surface area (Å²) in [6.45, 7) is 5.34. The Morgan fingerprint density at radius 1 is 1.29 bits per heavy atom. The van der Waals surface area contributed by atoms with Gasteiger partial charge in [0.1, 0.15) is 18.0 Å². The minimum absolute atomic E-state index is 0.733. The Bertz CT molecular complexity index is 341. The van der Waals surface area contributed by atoms with Crippen molar-refractivity contribution >= 4 is 11.6 Å². The van der Waals surface area contributed by atoms with Gasteiger partial charge in [0.05, 0.1) is 6.61 Å². The lowest BCUT2D eigenvalue weighted by atomic mass is 10.4. The van der Waals surface area contributed by atoms with E-state index in [-0.39, 0.29) is 0 Å². The van der Waals surface area contributed by atoms with Gasteiger partial charge in [-0.3, -0.25) is 0 Å². The van der Waals surface area contributed by atoms with Gasteiger partial charge in [0, 0.05) is 25.8 Å². The van der Waals surface area contributed by atoms with Crippen molar-refractivity contribution in [3.05, 3.63) is 12.4 Å². The smallest absolute Gasteiger partial charge is 0.131 e. The summed E-state index contributed by atoms with van der Waals surface area (Å²) in [6.07, 6.45) is 4.24. The fourth-order valence-electron chi connectivity index (χ4n) is 1.52. The SMILES string of the molecule is CCNc1cc(NCCOCC2CC2)ncn1. The van der Waals surface area contributed by atoms with E-state index in [2.05, 4.69) is 20.6 Å². The summed E-state index contributed by atoms with van der Waals surface area (Å²) in [5.41, 5.74) is 0. The molecule has 5 heteroatoms. The van der Waals surface area contributed by atoms with Crippen LogP contribution in [-0.2, 0) is 4.74 Å². The van der Waals surface area contributed by atoms with Gasteiger partial charge in [0.15, 0.2) is 0 Å². The Kier molecular flexibility index (Phi) is 4.55. The first kappa shape index (κ1) is 12.1. The molecule has 0 radical (unpaired) electrons. The zero-order valence-corrected chi connectivity index (χ0v) is 10.3. The van der Waals surface area contributed by atoms with Gasteiger partial charge in [-0.25, -0.2) is 9.97 Å². The molecule has 1 heterocycles. The van der Waals surface area contributed by atoms with Crippen molar-refractivity contribution in [2.45, 2.75) is 19.8 Å². The van der Waals surface area contributed by atoms with Crippen LogP contribution in [0, 0.1) is 5.92 Å². The van der Waals surface area contributed by atoms with Crippen LogP contribution in [0.25, 0.3) is 0 Å². The van der Waals surface area contributed by atoms with E-state index in [0.29, 0.717) is 0 Å². The molecule has 0 aromatic carbocycles. The predicted molar refractivity (Wildman–Crippen MR) is 68.2 cm³/mol. The second-order valence-corrected chi connectivity index (χ2v) is 4.26. The van der Waals surface area contributed by atoms with E-state index in [1.165, 1.54) is 12.8 Å². The number of rotatable bonds is 8. The summed E-state index contributed by atoms with van der Waals surface area (Å²) in [6, 6.07) is 1.91. The zero-order valence-electron chi connectivity index (χ0n) is 10.3. The first-order chi connectivity index (χ1) is 8.38. The molecule has 2 rings (SSSR count). The number of nitrogens with zero attached hydrogens (tertiary/aromatic N) is 2. The molecular weight excluding hydrogens is 216 g/mol. The molecule has 0 bridgehead atoms. The number of hydrogen-bond donors (Lipinski definition) is 2. The van der Waals surface area contributed by atoms with Crippen molar-refractivity contribution in [3.63, 3.8) is 0 Å². The molecule has 0 saturated heterocycles. The van der Waals surface area contributed by atoms with Crippen LogP contribution < -0.4 is 10.6 Å². The maximum absolute atomic E-state index is 5.54. The average molecular weight is 236 g/mol. The van der Waals surface area contributed by atoms with Gasteiger partial charge in [-0.2, -0.15) is 0 Å². The average Bonchev–Trinajstić information content (AvgIpc) is 3.14. The second-order valence-electron chi connectivity index (χ2n) is 4.26. The molecule has 1 aliphatic carbocycles. The first-order valence-corrected chi connectivity index (χ1v) is 6.26. The standard InChI is InChI=1S/C12H20N4O/c1-2-13-11-7-12(16-9-15-11)14-5-6-17-8-10-3-4-10/h7,9-10H,2-6,8H2,1H3,(H2,13,14,15,16). The van der Waals surface area contributed by atoms with Gasteiger partial charge in [-0.05, 0) is 25.7 Å². The summed E-state index contributed by atoms with van der Waals surface area (Å²) in [4.78, 5) is 8.26. The number of anilines is 2. The second kappa shape index (κ2) is 6.39. The van der Waals surface area contributed by atoms with Gasteiger partial charge in [-0.1, -0.05) is 0 Å². The molecule has 1 aromatic rings. The lowest BCUT2D eigenvalue weighted by Gasteiger charge is -2.07. The highest BCUT2D eigenvalue weighted by Crippen LogP contribution is 2.28. The summed E-state index contributed by atoms with van der Waals surface area (Å²) in [7, 11) is 0. The van der Waals surface area contributed by atoms with E-state index >= 15 is 0 Å². The van der Waals surface area contributed by atoms with Crippen molar-refractivity contribution in [3.8, 4) is 0 Å². The molecule has 0 spiro atoms. The van der Waals surface area contributed by atoms with Crippen molar-refractivity contribution < 1.29 is 4.74 Å². The molecule has 94 valence electrons. The number of hydrogen-bond acceptors (Lipinski definition) is 5. The van der Waals surface area contributed by atoms with E-state index in [1.54, 1.807) is 6.33 Å². The highest BCUT2D eigenvalue weighted by atomic mass is 16.5. The maximum Gasteiger partial charge on any atom is 0.131 e. The molecule has 5 nitrogen and oxygen atoms in total. The molecule has 17 heavy (non-hydrogen) atoms. The summed E-state index contributed by atoms with van der Waals surface area (Å²) in [5, 5.41) is 6.37. The van der Waals surface area contributed by atoms with Crippen molar-refractivity contribution in [2.75, 3.05) is 36.9 Å². The highest BCUT2D eigenvalue weighted by Gasteiger charge is 2.20. The van der Waals surface area contributed by atoms with E-state index in [4.69, 9.17) is 4.74 Å². The Morgan fingerprint density at radius 2 is 2.06 bits per heavy atom. The van der Waals surface area contributed by atoms with Crippen LogP contribution in [0.3, 0.4) is 0 Å². The third-order valence-electron chi connectivity index (χ3n) is 2.63. The van der Waals surface area contributed by atoms with Gasteiger partial charge in [0.2, 0.25) is 0 Å². The molecule has 1 fully saturated rings. The van der Waals surface area contributed by atoms with Gasteiger partial charge < -0.3 is 15.4 Å². The van der Waals surface area contributed by atoms with Crippen LogP contribution in [0.5, 0.6) is 0 Å². The van der Waals surface area contributed by atoms with E-state index in [0.717, 1.165) is 43.9 Å². The fourth-order valence-corrected chi connectivity index (χ4v) is 1.52. The summed E-state index contributed by atoms with van der Waals surface area (Å²) in [5.74, 6) is 2.52. The van der Waals surface area contributed by atoms with E-state index in [1.807, 2.05) is 13.0 Å². The molecule has 0 unspecified atom stereocenters. The predicted octanol–water partition coefficient (Wildman–Crippen LogP) is 1.75. The van der Waals surface area contributed by atoms with Crippen LogP contribution in [0.2, 0.25) is 0 Å². The fraction of sp³-hybridized carbons (Fsp3) is 0.667. The number of nitrogens with one attached hydrogen (secondary N) is 2. The molecule has 1 aromatic heterocycles. The number of ether oxygens (including phenoxy) is 1. The molecule has 0 aliphatic heterocycles. The van der Waals surface area contributed by atoms with Crippen LogP contribution in [-0.4, -0.2) is 36.3 Å². The Balaban J connectivity index is 1.64. The quantitative estimate of drug-likeness (QED) is 0.673. The van der Waals surface area contributed by atoms with E-state index in [9.17, 15) is 0 Å². The first-order valence-electron chi connectivity index (χ1n) is 6.26. The third kappa shape index (κ3) is 4.56. The lowest BCUT2D eigenvalue weighted by Crippen LogP contribution is -2.12. The topological polar surface area (TPSA) is 59.1 Å². The molecule has 1 saturated carbocycles. The lowest BCUT2D eigenvalue weighted by molar-refractivity contribution is 0.134. The van der Waals surface area contributed by atoms with Crippen LogP contribution in [0.1, 0.15) is 19.8 Å². The van der Waals surface area contributed by atoms with Gasteiger partial charge in [0.25, 0.3) is 0 Å². The minimum Gasteiger partial charge on any atom is -0.379 e. The molecule has 0 atom stereocenters. The molecule has 2 N–H and O–H groups in total. The minimum atomic E-state index is 0.733. The highest BCUT2D eigenvalue weighted by molar-refractivity contribution is 5.46. The van der Waals surface area contributed by atoms with Gasteiger partial charge >= 0.3 is 0 Å². The molecular formula is C12H20N4O. The molecule has 0 amide bonds. The third-order valence-corrected chi connectivity index (χ3v) is 2.63. The van der Waals surface area contributed by atoms with Crippen molar-refractivity contribution in [1.82, 2.24) is 9.97 Å². The van der Waals surface area contributed by atoms with Crippen LogP contribution >= 0.6 is 0 Å². The van der Waals surface area contributed by atoms with Gasteiger partial charge in [-0.15, -0.1) is 0 Å². The monoisotopic (exact) mass is 236 g/mol. The zero-order chi connectivity index (χ0) is 11.9. The number of aromatic nitrogens is 2. The normalized spacial score (nSPS) is 14.6. The molecule has 1 aliphatic rings. The largest absolute Gasteiger partial charge is 0.379 e. The maximum atomic E-state index is 5.54. The van der Waals surface area contributed by atoms with Crippen LogP contribution in [0.4, 0.5) is 11.6 Å². The summed E-state index contributed by atoms with van der Waals surface area (Å²) < 4.78 is 5.54. The Morgan fingerprint density at radius 3 is 2.76 bits per heavy atom.